The molecule has 4 atom stereocenters. The molecule has 3 amide bonds. The lowest BCUT2D eigenvalue weighted by Gasteiger charge is -2.23. The molecular formula is C19H26N4O7S2. The van der Waals surface area contributed by atoms with Crippen molar-refractivity contribution < 1.29 is 34.2 Å². The summed E-state index contributed by atoms with van der Waals surface area (Å²) in [6.45, 7) is 0. The van der Waals surface area contributed by atoms with Crippen molar-refractivity contribution in [3.63, 3.8) is 0 Å². The van der Waals surface area contributed by atoms with E-state index in [0.29, 0.717) is 5.56 Å². The topological polar surface area (TPSA) is 188 Å². The molecule has 0 aliphatic heterocycles. The lowest BCUT2D eigenvalue weighted by Crippen LogP contribution is -2.58. The summed E-state index contributed by atoms with van der Waals surface area (Å²) in [6.07, 6.45) is -0.856. The average Bonchev–Trinajstić information content (AvgIpc) is 2.75. The van der Waals surface area contributed by atoms with E-state index in [1.807, 2.05) is 0 Å². The maximum atomic E-state index is 12.6. The summed E-state index contributed by atoms with van der Waals surface area (Å²) in [5.74, 6) is -5.43. The number of nitrogens with one attached hydrogen (secondary N) is 3. The minimum atomic E-state index is -1.59. The maximum Gasteiger partial charge on any atom is 0.326 e. The number of aliphatic carboxylic acids is 2. The first-order valence-electron chi connectivity index (χ1n) is 9.46. The van der Waals surface area contributed by atoms with Gasteiger partial charge in [0.15, 0.2) is 0 Å². The number of nitrogens with two attached hydrogens (primary N) is 1. The molecule has 1 rings (SSSR count). The van der Waals surface area contributed by atoms with E-state index in [2.05, 4.69) is 41.2 Å². The van der Waals surface area contributed by atoms with Crippen molar-refractivity contribution in [1.82, 2.24) is 16.0 Å². The van der Waals surface area contributed by atoms with Crippen LogP contribution in [0.25, 0.3) is 0 Å². The van der Waals surface area contributed by atoms with E-state index in [0.717, 1.165) is 0 Å². The zero-order valence-corrected chi connectivity index (χ0v) is 18.7. The Bertz CT molecular complexity index is 825. The number of benzene rings is 1. The van der Waals surface area contributed by atoms with E-state index < -0.39 is 60.2 Å². The van der Waals surface area contributed by atoms with Crippen LogP contribution in [0.3, 0.4) is 0 Å². The fourth-order valence-corrected chi connectivity index (χ4v) is 2.96. The molecule has 1 aromatic rings. The second-order valence-corrected chi connectivity index (χ2v) is 7.51. The number of hydrogen-bond donors (Lipinski definition) is 8. The summed E-state index contributed by atoms with van der Waals surface area (Å²) in [5, 5.41) is 25.3. The molecule has 0 heterocycles. The lowest BCUT2D eigenvalue weighted by molar-refractivity contribution is -0.143. The molecule has 1 aromatic carbocycles. The smallest absolute Gasteiger partial charge is 0.326 e. The van der Waals surface area contributed by atoms with Crippen LogP contribution < -0.4 is 21.7 Å². The van der Waals surface area contributed by atoms with Crippen molar-refractivity contribution in [2.45, 2.75) is 37.0 Å². The highest BCUT2D eigenvalue weighted by Gasteiger charge is 2.31. The minimum absolute atomic E-state index is 0.0226. The average molecular weight is 487 g/mol. The van der Waals surface area contributed by atoms with Crippen LogP contribution in [0.4, 0.5) is 0 Å². The zero-order chi connectivity index (χ0) is 24.3. The first-order valence-corrected chi connectivity index (χ1v) is 10.7. The van der Waals surface area contributed by atoms with Gasteiger partial charge in [0.2, 0.25) is 17.7 Å². The standard InChI is InChI=1S/C19H26N4O7S2/c20-11(8-31)16(26)23-14(9-32)18(28)21-12(7-15(24)25)17(27)22-13(19(29)30)6-10-4-2-1-3-5-10/h1-5,11-14,31-32H,6-9,20H2,(H,21,28)(H,22,27)(H,23,26)(H,24,25)(H,29,30). The SMILES string of the molecule is NC(CS)C(=O)NC(CS)C(=O)NC(CC(=O)O)C(=O)NC(Cc1ccccc1)C(=O)O. The van der Waals surface area contributed by atoms with Gasteiger partial charge in [0.05, 0.1) is 12.5 Å². The molecule has 13 heteroatoms. The van der Waals surface area contributed by atoms with E-state index in [4.69, 9.17) is 10.8 Å². The highest BCUT2D eigenvalue weighted by atomic mass is 32.1. The third-order valence-corrected chi connectivity index (χ3v) is 5.02. The molecule has 0 aliphatic carbocycles. The number of rotatable bonds is 13. The van der Waals surface area contributed by atoms with Crippen molar-refractivity contribution in [2.24, 2.45) is 5.73 Å². The van der Waals surface area contributed by atoms with Crippen molar-refractivity contribution >= 4 is 54.9 Å². The first kappa shape index (κ1) is 27.3. The van der Waals surface area contributed by atoms with Crippen LogP contribution in [-0.2, 0) is 30.4 Å². The van der Waals surface area contributed by atoms with Gasteiger partial charge in [0.25, 0.3) is 0 Å². The number of carbonyl (C=O) groups is 5. The van der Waals surface area contributed by atoms with Gasteiger partial charge in [0, 0.05) is 17.9 Å². The summed E-state index contributed by atoms with van der Waals surface area (Å²) < 4.78 is 0. The zero-order valence-electron chi connectivity index (χ0n) is 16.9. The van der Waals surface area contributed by atoms with Gasteiger partial charge in [0.1, 0.15) is 18.1 Å². The second kappa shape index (κ2) is 13.6. The summed E-state index contributed by atoms with van der Waals surface area (Å²) in [4.78, 5) is 59.8. The fourth-order valence-electron chi connectivity index (χ4n) is 2.53. The van der Waals surface area contributed by atoms with E-state index in [-0.39, 0.29) is 17.9 Å². The molecule has 32 heavy (non-hydrogen) atoms. The lowest BCUT2D eigenvalue weighted by atomic mass is 10.0. The largest absolute Gasteiger partial charge is 0.481 e. The molecule has 4 unspecified atom stereocenters. The van der Waals surface area contributed by atoms with Crippen molar-refractivity contribution in [3.05, 3.63) is 35.9 Å². The number of carboxylic acid groups (broad SMARTS) is 2. The fraction of sp³-hybridized carbons (Fsp3) is 0.421. The predicted octanol–water partition coefficient (Wildman–Crippen LogP) is -1.57. The normalized spacial score (nSPS) is 14.3. The van der Waals surface area contributed by atoms with Gasteiger partial charge in [-0.1, -0.05) is 30.3 Å². The van der Waals surface area contributed by atoms with E-state index in [1.165, 1.54) is 0 Å². The number of hydrogen-bond acceptors (Lipinski definition) is 8. The molecule has 0 saturated carbocycles. The quantitative estimate of drug-likeness (QED) is 0.154. The Morgan fingerprint density at radius 1 is 0.812 bits per heavy atom. The summed E-state index contributed by atoms with van der Waals surface area (Å²) in [6, 6.07) is 3.37. The van der Waals surface area contributed by atoms with Gasteiger partial charge in [-0.3, -0.25) is 19.2 Å². The van der Waals surface area contributed by atoms with Gasteiger partial charge in [-0.05, 0) is 5.56 Å². The number of carboxylic acids is 2. The predicted molar refractivity (Wildman–Crippen MR) is 122 cm³/mol. The number of amides is 3. The summed E-state index contributed by atoms with van der Waals surface area (Å²) in [5.41, 5.74) is 6.18. The van der Waals surface area contributed by atoms with E-state index >= 15 is 0 Å². The maximum absolute atomic E-state index is 12.6. The minimum Gasteiger partial charge on any atom is -0.481 e. The molecule has 11 nitrogen and oxygen atoms in total. The van der Waals surface area contributed by atoms with Crippen LogP contribution in [0.15, 0.2) is 30.3 Å². The molecule has 0 saturated heterocycles. The highest BCUT2D eigenvalue weighted by molar-refractivity contribution is 7.80. The number of thiol groups is 2. The van der Waals surface area contributed by atoms with Crippen molar-refractivity contribution in [1.29, 1.82) is 0 Å². The highest BCUT2D eigenvalue weighted by Crippen LogP contribution is 2.05. The van der Waals surface area contributed by atoms with Crippen LogP contribution in [0.2, 0.25) is 0 Å². The Morgan fingerprint density at radius 2 is 1.34 bits per heavy atom. The van der Waals surface area contributed by atoms with Gasteiger partial charge in [-0.25, -0.2) is 4.79 Å². The van der Waals surface area contributed by atoms with Gasteiger partial charge < -0.3 is 31.9 Å². The molecule has 0 aliphatic rings. The molecule has 0 aromatic heterocycles. The van der Waals surface area contributed by atoms with Crippen LogP contribution in [0.1, 0.15) is 12.0 Å². The molecule has 0 spiro atoms. The molecule has 0 radical (unpaired) electrons. The Morgan fingerprint density at radius 3 is 1.84 bits per heavy atom. The van der Waals surface area contributed by atoms with Crippen molar-refractivity contribution in [3.8, 4) is 0 Å². The molecule has 7 N–H and O–H groups in total. The molecule has 176 valence electrons. The third-order valence-electron chi connectivity index (χ3n) is 4.26. The van der Waals surface area contributed by atoms with Crippen LogP contribution in [0, 0.1) is 0 Å². The van der Waals surface area contributed by atoms with E-state index in [1.54, 1.807) is 30.3 Å². The molecule has 0 fully saturated rings. The molecule has 0 bridgehead atoms. The van der Waals surface area contributed by atoms with Gasteiger partial charge in [-0.2, -0.15) is 25.3 Å². The van der Waals surface area contributed by atoms with Gasteiger partial charge >= 0.3 is 11.9 Å². The summed E-state index contributed by atoms with van der Waals surface area (Å²) >= 11 is 7.87. The van der Waals surface area contributed by atoms with Gasteiger partial charge in [-0.15, -0.1) is 0 Å². The van der Waals surface area contributed by atoms with E-state index in [9.17, 15) is 29.1 Å². The molecular weight excluding hydrogens is 460 g/mol. The van der Waals surface area contributed by atoms with Crippen LogP contribution in [-0.4, -0.2) is 75.5 Å². The first-order chi connectivity index (χ1) is 15.1. The number of carbonyl (C=O) groups excluding carboxylic acids is 3. The second-order valence-electron chi connectivity index (χ2n) is 6.78. The Kier molecular flexibility index (Phi) is 11.6. The monoisotopic (exact) mass is 486 g/mol. The van der Waals surface area contributed by atoms with Crippen molar-refractivity contribution in [2.75, 3.05) is 11.5 Å². The third kappa shape index (κ3) is 9.16. The Balaban J connectivity index is 2.91. The Hall–Kier alpha value is -2.77. The van der Waals surface area contributed by atoms with Crippen LogP contribution in [0.5, 0.6) is 0 Å². The Labute approximate surface area is 195 Å². The van der Waals surface area contributed by atoms with Crippen LogP contribution >= 0.6 is 25.3 Å². The summed E-state index contributed by atoms with van der Waals surface area (Å²) in [7, 11) is 0.